The molecule has 0 spiro atoms. The number of nitrogens with zero attached hydrogens (tertiary/aromatic N) is 3. The van der Waals surface area contributed by atoms with Crippen molar-refractivity contribution in [1.82, 2.24) is 14.4 Å². The number of nitrogens with two attached hydrogens (primary N) is 1. The van der Waals surface area contributed by atoms with Crippen LogP contribution < -0.4 is 15.9 Å². The number of esters is 1. The van der Waals surface area contributed by atoms with Crippen LogP contribution in [0.3, 0.4) is 0 Å². The number of aromatic nitrogens is 2. The summed E-state index contributed by atoms with van der Waals surface area (Å²) >= 11 is 0. The third-order valence-electron chi connectivity index (χ3n) is 4.71. The Morgan fingerprint density at radius 3 is 2.78 bits per heavy atom. The van der Waals surface area contributed by atoms with Crippen LogP contribution >= 0.6 is 8.18 Å². The number of hydrogen-bond donors (Lipinski definition) is 2. The van der Waals surface area contributed by atoms with Crippen molar-refractivity contribution in [3.05, 3.63) is 53.1 Å². The van der Waals surface area contributed by atoms with Gasteiger partial charge in [0.1, 0.15) is 23.7 Å². The molecule has 3 rings (SSSR count). The predicted octanol–water partition coefficient (Wildman–Crippen LogP) is 0.738. The third-order valence-corrected chi connectivity index (χ3v) is 6.00. The van der Waals surface area contributed by atoms with Crippen molar-refractivity contribution in [3.8, 4) is 5.75 Å². The summed E-state index contributed by atoms with van der Waals surface area (Å²) in [5.74, 6) is -0.288. The lowest BCUT2D eigenvalue weighted by Crippen LogP contribution is -2.37. The highest BCUT2D eigenvalue weighted by molar-refractivity contribution is 7.36. The lowest BCUT2D eigenvalue weighted by molar-refractivity contribution is -0.175. The van der Waals surface area contributed by atoms with Crippen molar-refractivity contribution in [2.75, 3.05) is 19.5 Å². The Bertz CT molecular complexity index is 1000. The molecule has 0 aliphatic carbocycles. The van der Waals surface area contributed by atoms with Crippen molar-refractivity contribution >= 4 is 20.0 Å². The molecule has 32 heavy (non-hydrogen) atoms. The fourth-order valence-electron chi connectivity index (χ4n) is 3.09. The summed E-state index contributed by atoms with van der Waals surface area (Å²) in [6.45, 7) is 1.29. The van der Waals surface area contributed by atoms with E-state index in [4.69, 9.17) is 24.6 Å². The van der Waals surface area contributed by atoms with Crippen molar-refractivity contribution in [2.45, 2.75) is 37.8 Å². The first-order valence-electron chi connectivity index (χ1n) is 9.75. The number of methoxy groups -OCH3 is 1. The van der Waals surface area contributed by atoms with Crippen LogP contribution in [0.15, 0.2) is 47.4 Å². The molecule has 2 aromatic rings. The van der Waals surface area contributed by atoms with Crippen LogP contribution in [0, 0.1) is 0 Å². The molecule has 1 saturated heterocycles. The summed E-state index contributed by atoms with van der Waals surface area (Å²) in [5, 5.41) is 10.3. The minimum atomic E-state index is -3.05. The molecule has 5 atom stereocenters. The molecule has 2 unspecified atom stereocenters. The first kappa shape index (κ1) is 23.9. The molecule has 1 aromatic carbocycles. The van der Waals surface area contributed by atoms with Gasteiger partial charge in [0.25, 0.3) is 0 Å². The van der Waals surface area contributed by atoms with Gasteiger partial charge in [-0.25, -0.2) is 4.79 Å². The van der Waals surface area contributed by atoms with Crippen molar-refractivity contribution < 1.29 is 33.3 Å². The molecule has 0 radical (unpaired) electrons. The molecule has 3 N–H and O–H groups in total. The molecular formula is C19H25N4O8P. The predicted molar refractivity (Wildman–Crippen MR) is 113 cm³/mol. The number of nitrogen functional groups attached to an aromatic ring is 1. The van der Waals surface area contributed by atoms with E-state index < -0.39 is 44.3 Å². The van der Waals surface area contributed by atoms with Crippen molar-refractivity contribution in [1.29, 1.82) is 0 Å². The highest BCUT2D eigenvalue weighted by Crippen LogP contribution is 2.35. The molecule has 0 bridgehead atoms. The number of aliphatic hydroxyl groups is 1. The largest absolute Gasteiger partial charge is 0.468 e. The number of para-hydroxylation sites is 1. The van der Waals surface area contributed by atoms with Gasteiger partial charge in [0, 0.05) is 12.6 Å². The van der Waals surface area contributed by atoms with E-state index >= 15 is 0 Å². The van der Waals surface area contributed by atoms with Crippen LogP contribution in [0.5, 0.6) is 5.75 Å². The zero-order valence-corrected chi connectivity index (χ0v) is 18.5. The monoisotopic (exact) mass is 468 g/mol. The smallest absolute Gasteiger partial charge is 0.351 e. The van der Waals surface area contributed by atoms with Crippen molar-refractivity contribution in [3.63, 3.8) is 0 Å². The van der Waals surface area contributed by atoms with Crippen LogP contribution in [0.1, 0.15) is 19.6 Å². The van der Waals surface area contributed by atoms with Gasteiger partial charge in [-0.15, -0.1) is 0 Å². The molecule has 2 heterocycles. The van der Waals surface area contributed by atoms with E-state index in [9.17, 15) is 19.3 Å². The van der Waals surface area contributed by atoms with Gasteiger partial charge in [0.15, 0.2) is 6.23 Å². The molecule has 174 valence electrons. The number of aliphatic hydroxyl groups excluding tert-OH is 1. The van der Waals surface area contributed by atoms with Crippen LogP contribution in [-0.4, -0.2) is 57.4 Å². The van der Waals surface area contributed by atoms with Gasteiger partial charge < -0.3 is 24.8 Å². The fraction of sp³-hybridized carbons (Fsp3) is 0.421. The molecule has 1 fully saturated rings. The standard InChI is InChI=1S/C19H25N4O8P/c1-12(18(25)28-2)23(32(27)31-13-6-4-3-5-7-13)29-11-14-10-15(24)17(30-14)22-9-8-16(20)21-19(22)26/h3-9,12,14-15,17,24,32H,10-11H2,1-2H3,(H2,20,21,26)/t12-,14-,15?,17+/m0/s1. The number of carbonyl (C=O) groups is 1. The minimum absolute atomic E-state index is 0.0506. The summed E-state index contributed by atoms with van der Waals surface area (Å²) in [5.41, 5.74) is 4.82. The van der Waals surface area contributed by atoms with E-state index in [2.05, 4.69) is 4.98 Å². The number of hydrogen-bond acceptors (Lipinski definition) is 10. The highest BCUT2D eigenvalue weighted by atomic mass is 31.1. The number of ether oxygens (including phenoxy) is 2. The number of anilines is 1. The summed E-state index contributed by atoms with van der Waals surface area (Å²) in [7, 11) is -1.85. The Hall–Kier alpha value is -2.76. The van der Waals surface area contributed by atoms with E-state index in [0.29, 0.717) is 5.75 Å². The molecule has 0 saturated carbocycles. The molecular weight excluding hydrogens is 443 g/mol. The highest BCUT2D eigenvalue weighted by Gasteiger charge is 2.38. The van der Waals surface area contributed by atoms with Gasteiger partial charge in [-0.3, -0.25) is 18.8 Å². The number of carbonyl (C=O) groups excluding carboxylic acids is 1. The van der Waals surface area contributed by atoms with Crippen LogP contribution in [0.4, 0.5) is 5.82 Å². The minimum Gasteiger partial charge on any atom is -0.468 e. The molecule has 0 amide bonds. The normalized spacial score (nSPS) is 22.4. The van der Waals surface area contributed by atoms with E-state index in [1.165, 1.54) is 26.3 Å². The number of hydroxylamine groups is 1. The van der Waals surface area contributed by atoms with E-state index in [0.717, 1.165) is 9.40 Å². The zero-order chi connectivity index (χ0) is 23.3. The molecule has 13 heteroatoms. The van der Waals surface area contributed by atoms with Crippen LogP contribution in [0.25, 0.3) is 0 Å². The second-order valence-electron chi connectivity index (χ2n) is 7.00. The Morgan fingerprint density at radius 2 is 2.12 bits per heavy atom. The van der Waals surface area contributed by atoms with Gasteiger partial charge >= 0.3 is 19.8 Å². The average Bonchev–Trinajstić information content (AvgIpc) is 3.14. The Balaban J connectivity index is 1.68. The lowest BCUT2D eigenvalue weighted by atomic mass is 10.2. The van der Waals surface area contributed by atoms with Gasteiger partial charge in [0.05, 0.1) is 19.8 Å². The van der Waals surface area contributed by atoms with Crippen LogP contribution in [-0.2, 0) is 23.7 Å². The van der Waals surface area contributed by atoms with Gasteiger partial charge in [-0.2, -0.15) is 4.98 Å². The van der Waals surface area contributed by atoms with E-state index in [-0.39, 0.29) is 18.8 Å². The SMILES string of the molecule is COC(=O)[C@H](C)N(OC[C@@H]1CC(O)[C@H](n2ccc(N)nc2=O)O1)[PH](=O)Oc1ccccc1. The van der Waals surface area contributed by atoms with Gasteiger partial charge in [0.2, 0.25) is 0 Å². The Labute approximate surface area is 184 Å². The first-order valence-corrected chi connectivity index (χ1v) is 11.0. The summed E-state index contributed by atoms with van der Waals surface area (Å²) < 4.78 is 29.8. The second kappa shape index (κ2) is 10.7. The summed E-state index contributed by atoms with van der Waals surface area (Å²) in [6, 6.07) is 8.79. The molecule has 1 aliphatic heterocycles. The van der Waals surface area contributed by atoms with Crippen LogP contribution in [0.2, 0.25) is 0 Å². The molecule has 1 aliphatic rings. The molecule has 1 aromatic heterocycles. The maximum absolute atomic E-state index is 12.8. The summed E-state index contributed by atoms with van der Waals surface area (Å²) in [6.07, 6.45) is -1.18. The van der Waals surface area contributed by atoms with Gasteiger partial charge in [-0.1, -0.05) is 23.0 Å². The topological polar surface area (TPSA) is 155 Å². The van der Waals surface area contributed by atoms with Crippen molar-refractivity contribution in [2.24, 2.45) is 0 Å². The van der Waals surface area contributed by atoms with Gasteiger partial charge in [-0.05, 0) is 25.1 Å². The van der Waals surface area contributed by atoms with E-state index in [1.54, 1.807) is 30.3 Å². The Morgan fingerprint density at radius 1 is 1.41 bits per heavy atom. The Kier molecular flexibility index (Phi) is 7.99. The number of benzene rings is 1. The average molecular weight is 468 g/mol. The quantitative estimate of drug-likeness (QED) is 0.304. The maximum Gasteiger partial charge on any atom is 0.351 e. The van der Waals surface area contributed by atoms with E-state index in [1.807, 2.05) is 0 Å². The summed E-state index contributed by atoms with van der Waals surface area (Å²) in [4.78, 5) is 34.2. The fourth-order valence-corrected chi connectivity index (χ4v) is 4.12. The zero-order valence-electron chi connectivity index (χ0n) is 17.5. The first-order chi connectivity index (χ1) is 15.3. The number of rotatable bonds is 9. The lowest BCUT2D eigenvalue weighted by Gasteiger charge is -2.26. The third kappa shape index (κ3) is 5.72. The second-order valence-corrected chi connectivity index (χ2v) is 8.17. The molecule has 12 nitrogen and oxygen atoms in total. The maximum atomic E-state index is 12.8.